The van der Waals surface area contributed by atoms with Crippen molar-refractivity contribution in [3.05, 3.63) is 27.7 Å². The molecule has 0 bridgehead atoms. The molecule has 0 N–H and O–H groups in total. The fourth-order valence-corrected chi connectivity index (χ4v) is 1.47. The molecule has 0 aliphatic rings. The van der Waals surface area contributed by atoms with Crippen molar-refractivity contribution in [2.24, 2.45) is 0 Å². The molecular formula is C10H10Cl2O2. The Bertz CT molecular complexity index is 361. The SMILES string of the molecule is CCC(=O)c1cc(Cl)c(Cl)c(OC)c1. The van der Waals surface area contributed by atoms with Crippen LogP contribution in [0.2, 0.25) is 10.0 Å². The van der Waals surface area contributed by atoms with E-state index in [1.54, 1.807) is 19.1 Å². The van der Waals surface area contributed by atoms with E-state index < -0.39 is 0 Å². The number of ether oxygens (including phenoxy) is 1. The molecule has 0 radical (unpaired) electrons. The first-order chi connectivity index (χ1) is 6.60. The highest BCUT2D eigenvalue weighted by Gasteiger charge is 2.11. The Labute approximate surface area is 92.8 Å². The van der Waals surface area contributed by atoms with Crippen LogP contribution in [0.4, 0.5) is 0 Å². The molecule has 0 saturated heterocycles. The van der Waals surface area contributed by atoms with Crippen molar-refractivity contribution in [1.82, 2.24) is 0 Å². The second kappa shape index (κ2) is 4.67. The third-order valence-corrected chi connectivity index (χ3v) is 2.64. The Morgan fingerprint density at radius 1 is 1.43 bits per heavy atom. The Morgan fingerprint density at radius 3 is 2.57 bits per heavy atom. The number of carbonyl (C=O) groups is 1. The van der Waals surface area contributed by atoms with E-state index in [1.165, 1.54) is 7.11 Å². The maximum Gasteiger partial charge on any atom is 0.162 e. The van der Waals surface area contributed by atoms with Gasteiger partial charge in [-0.15, -0.1) is 0 Å². The third kappa shape index (κ3) is 2.20. The van der Waals surface area contributed by atoms with Gasteiger partial charge in [0.25, 0.3) is 0 Å². The third-order valence-electron chi connectivity index (χ3n) is 1.86. The quantitative estimate of drug-likeness (QED) is 0.745. The molecule has 4 heteroatoms. The van der Waals surface area contributed by atoms with Gasteiger partial charge in [-0.1, -0.05) is 30.1 Å². The molecule has 14 heavy (non-hydrogen) atoms. The van der Waals surface area contributed by atoms with Crippen LogP contribution >= 0.6 is 23.2 Å². The van der Waals surface area contributed by atoms with Crippen molar-refractivity contribution in [3.63, 3.8) is 0 Å². The van der Waals surface area contributed by atoms with E-state index in [2.05, 4.69) is 0 Å². The maximum absolute atomic E-state index is 11.4. The van der Waals surface area contributed by atoms with Gasteiger partial charge in [0.05, 0.1) is 12.1 Å². The minimum atomic E-state index is 0.0156. The molecule has 0 spiro atoms. The Balaban J connectivity index is 3.22. The van der Waals surface area contributed by atoms with Crippen molar-refractivity contribution in [3.8, 4) is 5.75 Å². The average molecular weight is 233 g/mol. The summed E-state index contributed by atoms with van der Waals surface area (Å²) in [6, 6.07) is 3.15. The standard InChI is InChI=1S/C10H10Cl2O2/c1-3-8(13)6-4-7(11)10(12)9(5-6)14-2/h4-5H,3H2,1-2H3. The minimum Gasteiger partial charge on any atom is -0.495 e. The summed E-state index contributed by atoms with van der Waals surface area (Å²) < 4.78 is 4.99. The zero-order valence-electron chi connectivity index (χ0n) is 7.93. The summed E-state index contributed by atoms with van der Waals surface area (Å²) in [6.07, 6.45) is 0.432. The van der Waals surface area contributed by atoms with Gasteiger partial charge in [-0.25, -0.2) is 0 Å². The molecule has 0 atom stereocenters. The lowest BCUT2D eigenvalue weighted by molar-refractivity contribution is 0.0988. The monoisotopic (exact) mass is 232 g/mol. The van der Waals surface area contributed by atoms with Crippen molar-refractivity contribution >= 4 is 29.0 Å². The molecule has 2 nitrogen and oxygen atoms in total. The highest BCUT2D eigenvalue weighted by molar-refractivity contribution is 6.43. The largest absolute Gasteiger partial charge is 0.495 e. The fraction of sp³-hybridized carbons (Fsp3) is 0.300. The van der Waals surface area contributed by atoms with Gasteiger partial charge in [0.15, 0.2) is 5.78 Å². The van der Waals surface area contributed by atoms with Crippen LogP contribution in [-0.2, 0) is 0 Å². The molecule has 0 saturated carbocycles. The van der Waals surface area contributed by atoms with Gasteiger partial charge in [0, 0.05) is 12.0 Å². The van der Waals surface area contributed by atoms with Crippen LogP contribution < -0.4 is 4.74 Å². The summed E-state index contributed by atoms with van der Waals surface area (Å²) in [5, 5.41) is 0.671. The molecule has 1 aromatic rings. The zero-order chi connectivity index (χ0) is 10.7. The van der Waals surface area contributed by atoms with Gasteiger partial charge < -0.3 is 4.74 Å². The molecule has 0 aliphatic heterocycles. The molecule has 0 fully saturated rings. The van der Waals surface area contributed by atoms with Crippen LogP contribution in [0, 0.1) is 0 Å². The first-order valence-electron chi connectivity index (χ1n) is 4.16. The number of hydrogen-bond acceptors (Lipinski definition) is 2. The molecule has 1 aromatic carbocycles. The molecule has 0 heterocycles. The topological polar surface area (TPSA) is 26.3 Å². The lowest BCUT2D eigenvalue weighted by atomic mass is 10.1. The number of rotatable bonds is 3. The molecule has 0 amide bonds. The summed E-state index contributed by atoms with van der Waals surface area (Å²) in [5.41, 5.74) is 0.527. The van der Waals surface area contributed by atoms with E-state index in [9.17, 15) is 4.79 Å². The minimum absolute atomic E-state index is 0.0156. The van der Waals surface area contributed by atoms with Crippen molar-refractivity contribution in [1.29, 1.82) is 0 Å². The summed E-state index contributed by atoms with van der Waals surface area (Å²) in [6.45, 7) is 1.79. The number of Topliss-reactive ketones (excluding diaryl/α,β-unsaturated/α-hetero) is 1. The highest BCUT2D eigenvalue weighted by Crippen LogP contribution is 2.33. The summed E-state index contributed by atoms with van der Waals surface area (Å²) in [4.78, 5) is 11.4. The second-order valence-electron chi connectivity index (χ2n) is 2.75. The number of methoxy groups -OCH3 is 1. The van der Waals surface area contributed by atoms with Crippen LogP contribution in [-0.4, -0.2) is 12.9 Å². The normalized spacial score (nSPS) is 10.0. The summed E-state index contributed by atoms with van der Waals surface area (Å²) >= 11 is 11.7. The smallest absolute Gasteiger partial charge is 0.162 e. The van der Waals surface area contributed by atoms with E-state index >= 15 is 0 Å². The Hall–Kier alpha value is -0.730. The number of hydrogen-bond donors (Lipinski definition) is 0. The van der Waals surface area contributed by atoms with E-state index in [0.29, 0.717) is 27.8 Å². The zero-order valence-corrected chi connectivity index (χ0v) is 9.45. The molecule has 0 unspecified atom stereocenters. The van der Waals surface area contributed by atoms with Crippen LogP contribution in [0.15, 0.2) is 12.1 Å². The molecule has 76 valence electrons. The molecule has 1 rings (SSSR count). The van der Waals surface area contributed by atoms with E-state index in [1.807, 2.05) is 0 Å². The van der Waals surface area contributed by atoms with Crippen LogP contribution in [0.5, 0.6) is 5.75 Å². The number of ketones is 1. The van der Waals surface area contributed by atoms with Gasteiger partial charge in [0.2, 0.25) is 0 Å². The summed E-state index contributed by atoms with van der Waals surface area (Å²) in [7, 11) is 1.48. The number of halogens is 2. The predicted octanol–water partition coefficient (Wildman–Crippen LogP) is 3.59. The van der Waals surface area contributed by atoms with Crippen LogP contribution in [0.3, 0.4) is 0 Å². The predicted molar refractivity (Wildman–Crippen MR) is 57.6 cm³/mol. The van der Waals surface area contributed by atoms with Crippen molar-refractivity contribution in [2.45, 2.75) is 13.3 Å². The molecule has 0 aromatic heterocycles. The molecular weight excluding hydrogens is 223 g/mol. The highest BCUT2D eigenvalue weighted by atomic mass is 35.5. The van der Waals surface area contributed by atoms with Gasteiger partial charge in [-0.2, -0.15) is 0 Å². The Morgan fingerprint density at radius 2 is 2.07 bits per heavy atom. The lowest BCUT2D eigenvalue weighted by Gasteiger charge is -2.06. The second-order valence-corrected chi connectivity index (χ2v) is 3.54. The lowest BCUT2D eigenvalue weighted by Crippen LogP contribution is -1.97. The van der Waals surface area contributed by atoms with E-state index in [4.69, 9.17) is 27.9 Å². The maximum atomic E-state index is 11.4. The number of carbonyl (C=O) groups excluding carboxylic acids is 1. The number of benzene rings is 1. The fourth-order valence-electron chi connectivity index (χ4n) is 1.08. The van der Waals surface area contributed by atoms with Crippen molar-refractivity contribution in [2.75, 3.05) is 7.11 Å². The average Bonchev–Trinajstić information content (AvgIpc) is 2.20. The van der Waals surface area contributed by atoms with Gasteiger partial charge >= 0.3 is 0 Å². The van der Waals surface area contributed by atoms with Crippen LogP contribution in [0.1, 0.15) is 23.7 Å². The van der Waals surface area contributed by atoms with E-state index in [-0.39, 0.29) is 5.78 Å². The molecule has 0 aliphatic carbocycles. The van der Waals surface area contributed by atoms with Crippen molar-refractivity contribution < 1.29 is 9.53 Å². The Kier molecular flexibility index (Phi) is 3.78. The van der Waals surface area contributed by atoms with Gasteiger partial charge in [0.1, 0.15) is 10.8 Å². The van der Waals surface area contributed by atoms with Crippen LogP contribution in [0.25, 0.3) is 0 Å². The first kappa shape index (κ1) is 11.3. The van der Waals surface area contributed by atoms with Gasteiger partial charge in [-0.05, 0) is 12.1 Å². The van der Waals surface area contributed by atoms with Gasteiger partial charge in [-0.3, -0.25) is 4.79 Å². The first-order valence-corrected chi connectivity index (χ1v) is 4.92. The summed E-state index contributed by atoms with van der Waals surface area (Å²) in [5.74, 6) is 0.442. The van der Waals surface area contributed by atoms with E-state index in [0.717, 1.165) is 0 Å².